The average Bonchev–Trinajstić information content (AvgIpc) is 3.35. The molecule has 1 unspecified atom stereocenters. The minimum Gasteiger partial charge on any atom is -0.507 e. The van der Waals surface area contributed by atoms with Gasteiger partial charge in [0.05, 0.1) is 24.8 Å². The number of fused-ring (bicyclic) bond motifs is 1. The number of nitrogens with zero attached hydrogens (tertiary/aromatic N) is 1. The van der Waals surface area contributed by atoms with Crippen LogP contribution in [0.4, 0.5) is 0 Å². The number of hydrogen-bond acceptors (Lipinski definition) is 5. The third-order valence-corrected chi connectivity index (χ3v) is 5.68. The van der Waals surface area contributed by atoms with Crippen LogP contribution >= 0.6 is 0 Å². The van der Waals surface area contributed by atoms with E-state index >= 15 is 0 Å². The predicted octanol–water partition coefficient (Wildman–Crippen LogP) is 4.27. The maximum atomic E-state index is 13.1. The molecule has 2 aromatic carbocycles. The summed E-state index contributed by atoms with van der Waals surface area (Å²) in [7, 11) is 1.54. The largest absolute Gasteiger partial charge is 0.507 e. The zero-order chi connectivity index (χ0) is 23.5. The second-order valence-corrected chi connectivity index (χ2v) is 8.51. The first-order chi connectivity index (χ1) is 15.9. The van der Waals surface area contributed by atoms with Gasteiger partial charge in [-0.1, -0.05) is 44.2 Å². The number of amides is 1. The van der Waals surface area contributed by atoms with Crippen molar-refractivity contribution in [1.29, 1.82) is 0 Å². The summed E-state index contributed by atoms with van der Waals surface area (Å²) in [5.41, 5.74) is 2.05. The summed E-state index contributed by atoms with van der Waals surface area (Å²) in [6, 6.07) is 14.1. The fourth-order valence-electron chi connectivity index (χ4n) is 4.10. The van der Waals surface area contributed by atoms with Crippen molar-refractivity contribution in [2.24, 2.45) is 5.92 Å². The van der Waals surface area contributed by atoms with Crippen molar-refractivity contribution < 1.29 is 24.2 Å². The van der Waals surface area contributed by atoms with Crippen molar-refractivity contribution in [1.82, 2.24) is 9.88 Å². The van der Waals surface area contributed by atoms with Gasteiger partial charge >= 0.3 is 0 Å². The number of H-pyrrole nitrogens is 1. The van der Waals surface area contributed by atoms with E-state index < -0.39 is 17.7 Å². The lowest BCUT2D eigenvalue weighted by atomic mass is 9.95. The molecule has 1 aliphatic heterocycles. The summed E-state index contributed by atoms with van der Waals surface area (Å²) in [4.78, 5) is 30.7. The van der Waals surface area contributed by atoms with Crippen LogP contribution in [0.25, 0.3) is 16.7 Å². The first-order valence-corrected chi connectivity index (χ1v) is 11.0. The Kier molecular flexibility index (Phi) is 6.51. The molecule has 0 aliphatic carbocycles. The number of aliphatic hydroxyl groups is 1. The fraction of sp³-hybridized carbons (Fsp3) is 0.308. The molecule has 1 aromatic heterocycles. The zero-order valence-corrected chi connectivity index (χ0v) is 19.0. The topological polar surface area (TPSA) is 91.9 Å². The minimum atomic E-state index is -0.753. The summed E-state index contributed by atoms with van der Waals surface area (Å²) in [5, 5.41) is 12.1. The number of carbonyl (C=O) groups excluding carboxylic acids is 2. The number of ether oxygens (including phenoxy) is 2. The van der Waals surface area contributed by atoms with E-state index in [9.17, 15) is 14.7 Å². The van der Waals surface area contributed by atoms with Crippen molar-refractivity contribution in [3.8, 4) is 5.75 Å². The van der Waals surface area contributed by atoms with Crippen molar-refractivity contribution >= 4 is 28.4 Å². The van der Waals surface area contributed by atoms with Crippen LogP contribution in [0.2, 0.25) is 0 Å². The number of aliphatic hydroxyl groups excluding tert-OH is 1. The quantitative estimate of drug-likeness (QED) is 0.305. The first kappa shape index (κ1) is 22.6. The van der Waals surface area contributed by atoms with Gasteiger partial charge in [-0.3, -0.25) is 9.59 Å². The SMILES string of the molecule is COCCN1C(=O)C(=O)/C(=C(\O)c2c[nH]c3ccccc23)C1c1cccc(OCC(C)C)c1. The molecule has 2 N–H and O–H groups in total. The lowest BCUT2D eigenvalue weighted by Gasteiger charge is -2.25. The highest BCUT2D eigenvalue weighted by atomic mass is 16.5. The smallest absolute Gasteiger partial charge is 0.295 e. The van der Waals surface area contributed by atoms with Crippen LogP contribution in [0.15, 0.2) is 60.3 Å². The van der Waals surface area contributed by atoms with Crippen molar-refractivity contribution in [3.63, 3.8) is 0 Å². The van der Waals surface area contributed by atoms with Crippen LogP contribution in [-0.2, 0) is 14.3 Å². The summed E-state index contributed by atoms with van der Waals surface area (Å²) >= 11 is 0. The monoisotopic (exact) mass is 448 g/mol. The lowest BCUT2D eigenvalue weighted by molar-refractivity contribution is -0.140. The molecule has 7 heteroatoms. The molecule has 0 spiro atoms. The number of rotatable bonds is 8. The second-order valence-electron chi connectivity index (χ2n) is 8.51. The Morgan fingerprint density at radius 3 is 2.70 bits per heavy atom. The standard InChI is InChI=1S/C26H28N2O5/c1-16(2)15-33-18-8-6-7-17(13-18)23-22(25(30)26(31)28(23)11-12-32-3)24(29)20-14-27-21-10-5-4-9-19(20)21/h4-10,13-14,16,23,27,29H,11-12,15H2,1-3H3/b24-22-. The summed E-state index contributed by atoms with van der Waals surface area (Å²) in [6.07, 6.45) is 1.65. The molecule has 1 fully saturated rings. The molecule has 1 atom stereocenters. The molecule has 3 aromatic rings. The van der Waals surface area contributed by atoms with Crippen molar-refractivity contribution in [2.75, 3.05) is 26.9 Å². The molecule has 0 saturated carbocycles. The van der Waals surface area contributed by atoms with E-state index in [4.69, 9.17) is 9.47 Å². The fourth-order valence-corrected chi connectivity index (χ4v) is 4.10. The minimum absolute atomic E-state index is 0.0573. The third kappa shape index (κ3) is 4.36. The maximum absolute atomic E-state index is 13.1. The van der Waals surface area contributed by atoms with Crippen LogP contribution in [0, 0.1) is 5.92 Å². The Morgan fingerprint density at radius 1 is 1.15 bits per heavy atom. The number of Topliss-reactive ketones (excluding diaryl/α,β-unsaturated/α-hetero) is 1. The van der Waals surface area contributed by atoms with Crippen LogP contribution < -0.4 is 4.74 Å². The number of likely N-dealkylation sites (tertiary alicyclic amines) is 1. The molecule has 33 heavy (non-hydrogen) atoms. The van der Waals surface area contributed by atoms with E-state index in [1.807, 2.05) is 48.5 Å². The van der Waals surface area contributed by atoms with Crippen LogP contribution in [0.5, 0.6) is 5.75 Å². The van der Waals surface area contributed by atoms with Gasteiger partial charge in [0.25, 0.3) is 11.7 Å². The van der Waals surface area contributed by atoms with Gasteiger partial charge < -0.3 is 24.5 Å². The molecule has 0 radical (unpaired) electrons. The van der Waals surface area contributed by atoms with Gasteiger partial charge in [0, 0.05) is 36.3 Å². The Balaban J connectivity index is 1.84. The van der Waals surface area contributed by atoms with Gasteiger partial charge in [0.2, 0.25) is 0 Å². The number of para-hydroxylation sites is 1. The van der Waals surface area contributed by atoms with Gasteiger partial charge in [-0.05, 0) is 29.7 Å². The number of benzene rings is 2. The van der Waals surface area contributed by atoms with Crippen LogP contribution in [0.3, 0.4) is 0 Å². The molecule has 1 amide bonds. The Morgan fingerprint density at radius 2 is 1.94 bits per heavy atom. The highest BCUT2D eigenvalue weighted by molar-refractivity contribution is 6.46. The molecular weight excluding hydrogens is 420 g/mol. The van der Waals surface area contributed by atoms with E-state index in [0.717, 1.165) is 10.9 Å². The van der Waals surface area contributed by atoms with Gasteiger partial charge in [0.1, 0.15) is 11.5 Å². The van der Waals surface area contributed by atoms with Gasteiger partial charge in [-0.25, -0.2) is 0 Å². The second kappa shape index (κ2) is 9.50. The van der Waals surface area contributed by atoms with Gasteiger partial charge in [-0.2, -0.15) is 0 Å². The van der Waals surface area contributed by atoms with E-state index in [1.54, 1.807) is 6.20 Å². The maximum Gasteiger partial charge on any atom is 0.295 e. The number of carbonyl (C=O) groups is 2. The third-order valence-electron chi connectivity index (χ3n) is 5.68. The van der Waals surface area contributed by atoms with E-state index in [2.05, 4.69) is 18.8 Å². The van der Waals surface area contributed by atoms with E-state index in [1.165, 1.54) is 12.0 Å². The highest BCUT2D eigenvalue weighted by Crippen LogP contribution is 2.41. The normalized spacial score (nSPS) is 17.9. The van der Waals surface area contributed by atoms with E-state index in [-0.39, 0.29) is 24.5 Å². The lowest BCUT2D eigenvalue weighted by Crippen LogP contribution is -2.32. The zero-order valence-electron chi connectivity index (χ0n) is 19.0. The van der Waals surface area contributed by atoms with Crippen molar-refractivity contribution in [3.05, 3.63) is 71.4 Å². The van der Waals surface area contributed by atoms with Gasteiger partial charge in [0.15, 0.2) is 0 Å². The molecule has 1 saturated heterocycles. The predicted molar refractivity (Wildman–Crippen MR) is 126 cm³/mol. The first-order valence-electron chi connectivity index (χ1n) is 11.0. The molecule has 4 rings (SSSR count). The van der Waals surface area contributed by atoms with E-state index in [0.29, 0.717) is 29.4 Å². The van der Waals surface area contributed by atoms with Gasteiger partial charge in [-0.15, -0.1) is 0 Å². The summed E-state index contributed by atoms with van der Waals surface area (Å²) in [6.45, 7) is 5.14. The Hall–Kier alpha value is -3.58. The molecule has 0 bridgehead atoms. The molecular formula is C26H28N2O5. The number of methoxy groups -OCH3 is 1. The molecule has 1 aliphatic rings. The number of aromatic amines is 1. The van der Waals surface area contributed by atoms with Crippen molar-refractivity contribution in [2.45, 2.75) is 19.9 Å². The highest BCUT2D eigenvalue weighted by Gasteiger charge is 2.46. The summed E-state index contributed by atoms with van der Waals surface area (Å²) < 4.78 is 11.0. The molecule has 7 nitrogen and oxygen atoms in total. The number of nitrogens with one attached hydrogen (secondary N) is 1. The van der Waals surface area contributed by atoms with Crippen LogP contribution in [0.1, 0.15) is 31.0 Å². The Labute approximate surface area is 192 Å². The average molecular weight is 449 g/mol. The van der Waals surface area contributed by atoms with Crippen LogP contribution in [-0.4, -0.2) is 53.5 Å². The molecule has 2 heterocycles. The summed E-state index contributed by atoms with van der Waals surface area (Å²) in [5.74, 6) is -0.586. The molecule has 172 valence electrons. The number of hydrogen-bond donors (Lipinski definition) is 2. The number of aromatic nitrogens is 1. The number of ketones is 1. The Bertz CT molecular complexity index is 1210.